The normalized spacial score (nSPS) is 12.8. The van der Waals surface area contributed by atoms with Crippen molar-refractivity contribution >= 4 is 23.6 Å². The standard InChI is InChI=1S/C30H43N3O5/c1-7-8-9-10-13-20-33(28(36)22(3)31-29(37)38-30(4,5)6)26(23-16-18-24(34)19-17-23)27(35)32-25-15-12-11-14-21(25)2/h11-12,14-19,22,26,34H,7-10,13,20H2,1-6H3,(H,31,37)(H,32,35). The third kappa shape index (κ3) is 9.72. The number of nitrogens with zero attached hydrogens (tertiary/aromatic N) is 1. The average molecular weight is 526 g/mol. The Kier molecular flexibility index (Phi) is 11.6. The molecule has 2 aromatic carbocycles. The number of phenolic OH excluding ortho intramolecular Hbond substituents is 1. The van der Waals surface area contributed by atoms with Gasteiger partial charge in [0.05, 0.1) is 0 Å². The summed E-state index contributed by atoms with van der Waals surface area (Å²) in [6.07, 6.45) is 4.13. The zero-order valence-corrected chi connectivity index (χ0v) is 23.5. The molecule has 8 heteroatoms. The van der Waals surface area contributed by atoms with Gasteiger partial charge in [0.1, 0.15) is 23.4 Å². The number of amides is 3. The average Bonchev–Trinajstić information content (AvgIpc) is 2.83. The Hall–Kier alpha value is -3.55. The van der Waals surface area contributed by atoms with Gasteiger partial charge in [-0.25, -0.2) is 4.79 Å². The van der Waals surface area contributed by atoms with Crippen molar-refractivity contribution in [1.29, 1.82) is 0 Å². The maximum Gasteiger partial charge on any atom is 0.408 e. The molecule has 2 atom stereocenters. The fourth-order valence-electron chi connectivity index (χ4n) is 4.09. The second-order valence-corrected chi connectivity index (χ2v) is 10.6. The number of aromatic hydroxyl groups is 1. The van der Waals surface area contributed by atoms with E-state index in [4.69, 9.17) is 4.74 Å². The van der Waals surface area contributed by atoms with Gasteiger partial charge < -0.3 is 25.4 Å². The summed E-state index contributed by atoms with van der Waals surface area (Å²) in [5, 5.41) is 15.4. The van der Waals surface area contributed by atoms with Crippen molar-refractivity contribution < 1.29 is 24.2 Å². The van der Waals surface area contributed by atoms with Gasteiger partial charge in [0.2, 0.25) is 5.91 Å². The smallest absolute Gasteiger partial charge is 0.408 e. The highest BCUT2D eigenvalue weighted by Crippen LogP contribution is 2.27. The van der Waals surface area contributed by atoms with Crippen LogP contribution in [0, 0.1) is 6.92 Å². The molecule has 8 nitrogen and oxygen atoms in total. The van der Waals surface area contributed by atoms with Crippen LogP contribution in [0.15, 0.2) is 48.5 Å². The van der Waals surface area contributed by atoms with E-state index in [-0.39, 0.29) is 11.7 Å². The summed E-state index contributed by atoms with van der Waals surface area (Å²) >= 11 is 0. The van der Waals surface area contributed by atoms with Crippen molar-refractivity contribution in [2.45, 2.75) is 91.3 Å². The SMILES string of the molecule is CCCCCCCN(C(=O)C(C)NC(=O)OC(C)(C)C)C(C(=O)Nc1ccccc1C)c1ccc(O)cc1. The second-order valence-electron chi connectivity index (χ2n) is 10.6. The van der Waals surface area contributed by atoms with E-state index in [1.165, 1.54) is 17.0 Å². The topological polar surface area (TPSA) is 108 Å². The number of benzene rings is 2. The number of nitrogens with one attached hydrogen (secondary N) is 2. The first-order chi connectivity index (χ1) is 17.9. The van der Waals surface area contributed by atoms with Crippen molar-refractivity contribution in [1.82, 2.24) is 10.2 Å². The number of alkyl carbamates (subject to hydrolysis) is 1. The van der Waals surface area contributed by atoms with Crippen LogP contribution in [0.25, 0.3) is 0 Å². The molecule has 38 heavy (non-hydrogen) atoms. The van der Waals surface area contributed by atoms with Gasteiger partial charge in [0.25, 0.3) is 5.91 Å². The Morgan fingerprint density at radius 3 is 2.21 bits per heavy atom. The summed E-state index contributed by atoms with van der Waals surface area (Å²) in [5.74, 6) is -0.718. The first-order valence-electron chi connectivity index (χ1n) is 13.4. The molecule has 0 saturated heterocycles. The van der Waals surface area contributed by atoms with E-state index in [1.54, 1.807) is 39.8 Å². The molecular weight excluding hydrogens is 482 g/mol. The van der Waals surface area contributed by atoms with E-state index in [0.29, 0.717) is 24.2 Å². The van der Waals surface area contributed by atoms with Crippen LogP contribution in [0.3, 0.4) is 0 Å². The molecule has 0 heterocycles. The maximum absolute atomic E-state index is 13.8. The van der Waals surface area contributed by atoms with Crippen molar-refractivity contribution in [2.75, 3.05) is 11.9 Å². The summed E-state index contributed by atoms with van der Waals surface area (Å²) in [6.45, 7) is 11.2. The Bertz CT molecular complexity index is 1060. The van der Waals surface area contributed by atoms with Crippen LogP contribution in [-0.2, 0) is 14.3 Å². The van der Waals surface area contributed by atoms with Gasteiger partial charge in [0.15, 0.2) is 0 Å². The van der Waals surface area contributed by atoms with Gasteiger partial charge in [-0.15, -0.1) is 0 Å². The quantitative estimate of drug-likeness (QED) is 0.291. The van der Waals surface area contributed by atoms with Crippen LogP contribution in [0.2, 0.25) is 0 Å². The number of carbonyl (C=O) groups is 3. The lowest BCUT2D eigenvalue weighted by Crippen LogP contribution is -2.51. The van der Waals surface area contributed by atoms with Crippen LogP contribution in [0.1, 0.15) is 83.9 Å². The lowest BCUT2D eigenvalue weighted by atomic mass is 10.0. The zero-order valence-electron chi connectivity index (χ0n) is 23.5. The van der Waals surface area contributed by atoms with Crippen LogP contribution in [0.4, 0.5) is 10.5 Å². The van der Waals surface area contributed by atoms with Gasteiger partial charge in [-0.05, 0) is 70.4 Å². The first-order valence-corrected chi connectivity index (χ1v) is 13.4. The highest BCUT2D eigenvalue weighted by atomic mass is 16.6. The molecule has 2 aromatic rings. The van der Waals surface area contributed by atoms with E-state index < -0.39 is 29.7 Å². The largest absolute Gasteiger partial charge is 0.508 e. The zero-order chi connectivity index (χ0) is 28.3. The molecule has 0 saturated carbocycles. The fraction of sp³-hybridized carbons (Fsp3) is 0.500. The van der Waals surface area contributed by atoms with Crippen LogP contribution in [0.5, 0.6) is 5.75 Å². The van der Waals surface area contributed by atoms with Gasteiger partial charge in [0, 0.05) is 12.2 Å². The van der Waals surface area contributed by atoms with Gasteiger partial charge >= 0.3 is 6.09 Å². The minimum Gasteiger partial charge on any atom is -0.508 e. The Balaban J connectivity index is 2.41. The third-order valence-corrected chi connectivity index (χ3v) is 6.06. The summed E-state index contributed by atoms with van der Waals surface area (Å²) in [6, 6.07) is 11.8. The number of carbonyl (C=O) groups excluding carboxylic acids is 3. The minimum absolute atomic E-state index is 0.0595. The molecule has 2 unspecified atom stereocenters. The number of rotatable bonds is 12. The van der Waals surface area contributed by atoms with E-state index in [0.717, 1.165) is 31.2 Å². The number of hydrogen-bond acceptors (Lipinski definition) is 5. The highest BCUT2D eigenvalue weighted by Gasteiger charge is 2.34. The molecule has 0 aromatic heterocycles. The van der Waals surface area contributed by atoms with E-state index in [2.05, 4.69) is 17.6 Å². The lowest BCUT2D eigenvalue weighted by molar-refractivity contribution is -0.140. The molecule has 0 aliphatic carbocycles. The number of aryl methyl sites for hydroxylation is 1. The number of ether oxygens (including phenoxy) is 1. The molecule has 3 N–H and O–H groups in total. The van der Waals surface area contributed by atoms with E-state index in [9.17, 15) is 19.5 Å². The molecule has 2 rings (SSSR count). The summed E-state index contributed by atoms with van der Waals surface area (Å²) in [4.78, 5) is 41.5. The predicted molar refractivity (Wildman–Crippen MR) is 150 cm³/mol. The molecule has 0 aliphatic rings. The Labute approximate surface area is 226 Å². The van der Waals surface area contributed by atoms with Crippen LogP contribution < -0.4 is 10.6 Å². The van der Waals surface area contributed by atoms with Crippen LogP contribution in [-0.4, -0.2) is 46.1 Å². The molecule has 0 spiro atoms. The highest BCUT2D eigenvalue weighted by molar-refractivity contribution is 5.99. The number of anilines is 1. The molecular formula is C30H43N3O5. The number of hydrogen-bond donors (Lipinski definition) is 3. The molecule has 0 aliphatic heterocycles. The summed E-state index contributed by atoms with van der Waals surface area (Å²) in [7, 11) is 0. The molecule has 0 bridgehead atoms. The number of phenols is 1. The maximum atomic E-state index is 13.8. The Morgan fingerprint density at radius 2 is 1.61 bits per heavy atom. The monoisotopic (exact) mass is 525 g/mol. The predicted octanol–water partition coefficient (Wildman–Crippen LogP) is 6.09. The van der Waals surface area contributed by atoms with Gasteiger partial charge in [-0.2, -0.15) is 0 Å². The fourth-order valence-corrected chi connectivity index (χ4v) is 4.09. The van der Waals surface area contributed by atoms with Crippen molar-refractivity contribution in [3.8, 4) is 5.75 Å². The first kappa shape index (κ1) is 30.7. The van der Waals surface area contributed by atoms with Crippen LogP contribution >= 0.6 is 0 Å². The van der Waals surface area contributed by atoms with Gasteiger partial charge in [-0.1, -0.05) is 62.9 Å². The third-order valence-electron chi connectivity index (χ3n) is 6.06. The number of para-hydroxylation sites is 1. The summed E-state index contributed by atoms with van der Waals surface area (Å²) in [5.41, 5.74) is 1.38. The summed E-state index contributed by atoms with van der Waals surface area (Å²) < 4.78 is 5.33. The van der Waals surface area contributed by atoms with E-state index in [1.807, 2.05) is 31.2 Å². The number of unbranched alkanes of at least 4 members (excludes halogenated alkanes) is 4. The van der Waals surface area contributed by atoms with Gasteiger partial charge in [-0.3, -0.25) is 9.59 Å². The van der Waals surface area contributed by atoms with Crippen molar-refractivity contribution in [2.24, 2.45) is 0 Å². The van der Waals surface area contributed by atoms with Crippen molar-refractivity contribution in [3.05, 3.63) is 59.7 Å². The molecule has 0 radical (unpaired) electrons. The minimum atomic E-state index is -0.975. The van der Waals surface area contributed by atoms with E-state index >= 15 is 0 Å². The lowest BCUT2D eigenvalue weighted by Gasteiger charge is -2.34. The molecule has 0 fully saturated rings. The second kappa shape index (κ2) is 14.4. The van der Waals surface area contributed by atoms with Crippen molar-refractivity contribution in [3.63, 3.8) is 0 Å². The molecule has 208 valence electrons. The Morgan fingerprint density at radius 1 is 0.974 bits per heavy atom. The molecule has 3 amide bonds.